The molecule has 3 aromatic rings. The van der Waals surface area contributed by atoms with E-state index in [0.29, 0.717) is 12.1 Å². The Bertz CT molecular complexity index is 891. The smallest absolute Gasteiger partial charge is 0.252 e. The van der Waals surface area contributed by atoms with Gasteiger partial charge in [0.2, 0.25) is 0 Å². The molecule has 4 heteroatoms. The standard InChI is InChI=1S/C18H17N3O/c1-12-7-9-14(10-8-12)17-18-15-5-3-4-6-16(15)21(22)20(18)13(2)11-19-17/h3-10,13H,11H2,1-2H3. The molecular weight excluding hydrogens is 274 g/mol. The Morgan fingerprint density at radius 1 is 1.14 bits per heavy atom. The van der Waals surface area contributed by atoms with Crippen molar-refractivity contribution in [3.05, 3.63) is 70.6 Å². The predicted molar refractivity (Wildman–Crippen MR) is 87.3 cm³/mol. The zero-order valence-corrected chi connectivity index (χ0v) is 12.7. The maximum absolute atomic E-state index is 12.6. The third-order valence-corrected chi connectivity index (χ3v) is 4.27. The van der Waals surface area contributed by atoms with Crippen LogP contribution in [-0.4, -0.2) is 16.9 Å². The van der Waals surface area contributed by atoms with Crippen LogP contribution in [0.25, 0.3) is 10.9 Å². The van der Waals surface area contributed by atoms with Gasteiger partial charge in [0.15, 0.2) is 0 Å². The van der Waals surface area contributed by atoms with Crippen molar-refractivity contribution in [1.29, 1.82) is 0 Å². The van der Waals surface area contributed by atoms with E-state index in [1.165, 1.54) is 5.56 Å². The van der Waals surface area contributed by atoms with Crippen LogP contribution < -0.4 is 4.85 Å². The molecule has 110 valence electrons. The number of para-hydroxylation sites is 1. The van der Waals surface area contributed by atoms with Crippen molar-refractivity contribution in [2.24, 2.45) is 4.99 Å². The van der Waals surface area contributed by atoms with Crippen LogP contribution in [-0.2, 0) is 0 Å². The zero-order chi connectivity index (χ0) is 15.3. The summed E-state index contributed by atoms with van der Waals surface area (Å²) in [5, 5.41) is 13.6. The van der Waals surface area contributed by atoms with Crippen molar-refractivity contribution in [1.82, 2.24) is 4.68 Å². The monoisotopic (exact) mass is 291 g/mol. The van der Waals surface area contributed by atoms with Gasteiger partial charge in [-0.05, 0) is 19.9 Å². The average Bonchev–Trinajstić information content (AvgIpc) is 2.84. The van der Waals surface area contributed by atoms with Crippen LogP contribution in [0.15, 0.2) is 53.5 Å². The molecule has 0 N–H and O–H groups in total. The number of fused-ring (bicyclic) bond motifs is 3. The minimum atomic E-state index is 0.0640. The molecule has 1 aromatic heterocycles. The van der Waals surface area contributed by atoms with Crippen LogP contribution in [0, 0.1) is 12.1 Å². The molecule has 1 unspecified atom stereocenters. The van der Waals surface area contributed by atoms with Crippen LogP contribution in [0.5, 0.6) is 0 Å². The number of benzene rings is 2. The van der Waals surface area contributed by atoms with Crippen molar-refractivity contribution in [2.45, 2.75) is 19.9 Å². The highest BCUT2D eigenvalue weighted by Gasteiger charge is 2.31. The van der Waals surface area contributed by atoms with Gasteiger partial charge in [-0.15, -0.1) is 4.68 Å². The first-order valence-corrected chi connectivity index (χ1v) is 7.51. The highest BCUT2D eigenvalue weighted by atomic mass is 16.5. The lowest BCUT2D eigenvalue weighted by atomic mass is 10.0. The summed E-state index contributed by atoms with van der Waals surface area (Å²) in [6.07, 6.45) is 0. The SMILES string of the molecule is Cc1ccc(C2=NCC(C)n3c2c2ccccc2[n+]3[O-])cc1. The molecule has 22 heavy (non-hydrogen) atoms. The minimum absolute atomic E-state index is 0.0640. The van der Waals surface area contributed by atoms with Crippen molar-refractivity contribution in [3.63, 3.8) is 0 Å². The molecule has 0 saturated carbocycles. The summed E-state index contributed by atoms with van der Waals surface area (Å²) in [6.45, 7) is 4.73. The number of hydrogen-bond donors (Lipinski definition) is 0. The van der Waals surface area contributed by atoms with E-state index >= 15 is 0 Å². The fraction of sp³-hybridized carbons (Fsp3) is 0.222. The van der Waals surface area contributed by atoms with Crippen molar-refractivity contribution < 1.29 is 4.85 Å². The molecule has 0 amide bonds. The van der Waals surface area contributed by atoms with E-state index in [1.54, 1.807) is 0 Å². The summed E-state index contributed by atoms with van der Waals surface area (Å²) in [6, 6.07) is 16.1. The molecule has 0 bridgehead atoms. The number of rotatable bonds is 1. The second-order valence-corrected chi connectivity index (χ2v) is 5.89. The van der Waals surface area contributed by atoms with Crippen LogP contribution in [0.4, 0.5) is 0 Å². The number of hydrogen-bond acceptors (Lipinski definition) is 2. The van der Waals surface area contributed by atoms with E-state index in [9.17, 15) is 5.21 Å². The van der Waals surface area contributed by atoms with Crippen LogP contribution in [0.2, 0.25) is 0 Å². The molecule has 2 aromatic carbocycles. The Morgan fingerprint density at radius 3 is 2.64 bits per heavy atom. The Hall–Kier alpha value is -2.62. The normalized spacial score (nSPS) is 17.4. The van der Waals surface area contributed by atoms with Gasteiger partial charge in [0.1, 0.15) is 11.7 Å². The van der Waals surface area contributed by atoms with Gasteiger partial charge < -0.3 is 5.21 Å². The molecular formula is C18H17N3O. The zero-order valence-electron chi connectivity index (χ0n) is 12.7. The lowest BCUT2D eigenvalue weighted by molar-refractivity contribution is -0.673. The van der Waals surface area contributed by atoms with Gasteiger partial charge in [-0.3, -0.25) is 4.99 Å². The lowest BCUT2D eigenvalue weighted by Gasteiger charge is -2.20. The van der Waals surface area contributed by atoms with E-state index in [4.69, 9.17) is 4.99 Å². The Balaban J connectivity index is 2.02. The number of aliphatic imine (C=N–C) groups is 1. The number of aryl methyl sites for hydroxylation is 1. The first kappa shape index (κ1) is 13.1. The molecule has 1 aliphatic rings. The molecule has 4 nitrogen and oxygen atoms in total. The maximum atomic E-state index is 12.6. The van der Waals surface area contributed by atoms with Crippen LogP contribution in [0.3, 0.4) is 0 Å². The number of nitrogens with zero attached hydrogens (tertiary/aromatic N) is 3. The molecule has 0 aliphatic carbocycles. The van der Waals surface area contributed by atoms with Gasteiger partial charge in [0.25, 0.3) is 5.52 Å². The van der Waals surface area contributed by atoms with E-state index in [0.717, 1.165) is 27.2 Å². The largest absolute Gasteiger partial charge is 0.595 e. The third-order valence-electron chi connectivity index (χ3n) is 4.27. The van der Waals surface area contributed by atoms with E-state index in [2.05, 4.69) is 31.2 Å². The van der Waals surface area contributed by atoms with Gasteiger partial charge in [0, 0.05) is 11.6 Å². The van der Waals surface area contributed by atoms with Gasteiger partial charge >= 0.3 is 0 Å². The van der Waals surface area contributed by atoms with Crippen LogP contribution >= 0.6 is 0 Å². The molecule has 2 heterocycles. The maximum Gasteiger partial charge on any atom is 0.252 e. The number of aromatic nitrogens is 2. The first-order chi connectivity index (χ1) is 10.7. The van der Waals surface area contributed by atoms with Gasteiger partial charge in [-0.2, -0.15) is 0 Å². The summed E-state index contributed by atoms with van der Waals surface area (Å²) in [5.41, 5.74) is 4.80. The fourth-order valence-corrected chi connectivity index (χ4v) is 3.12. The van der Waals surface area contributed by atoms with Gasteiger partial charge in [0.05, 0.1) is 17.6 Å². The molecule has 1 aliphatic heterocycles. The van der Waals surface area contributed by atoms with Gasteiger partial charge in [-0.25, -0.2) is 0 Å². The summed E-state index contributed by atoms with van der Waals surface area (Å²) in [4.78, 5) is 5.77. The van der Waals surface area contributed by atoms with Crippen LogP contribution in [0.1, 0.15) is 29.8 Å². The molecule has 0 radical (unpaired) electrons. The highest BCUT2D eigenvalue weighted by Crippen LogP contribution is 2.27. The first-order valence-electron chi connectivity index (χ1n) is 7.51. The van der Waals surface area contributed by atoms with E-state index in [1.807, 2.05) is 35.9 Å². The Morgan fingerprint density at radius 2 is 1.86 bits per heavy atom. The molecule has 1 atom stereocenters. The topological polar surface area (TPSA) is 44.2 Å². The second kappa shape index (κ2) is 4.70. The molecule has 0 fully saturated rings. The average molecular weight is 291 g/mol. The lowest BCUT2D eigenvalue weighted by Crippen LogP contribution is -2.43. The van der Waals surface area contributed by atoms with Crippen molar-refractivity contribution in [3.8, 4) is 0 Å². The third kappa shape index (κ3) is 1.77. The minimum Gasteiger partial charge on any atom is -0.595 e. The van der Waals surface area contributed by atoms with Crippen molar-refractivity contribution in [2.75, 3.05) is 6.54 Å². The highest BCUT2D eigenvalue weighted by molar-refractivity contribution is 6.18. The van der Waals surface area contributed by atoms with Crippen molar-refractivity contribution >= 4 is 16.6 Å². The second-order valence-electron chi connectivity index (χ2n) is 5.89. The quantitative estimate of drug-likeness (QED) is 0.502. The Labute approximate surface area is 128 Å². The van der Waals surface area contributed by atoms with Gasteiger partial charge in [-0.1, -0.05) is 46.8 Å². The molecule has 0 saturated heterocycles. The fourth-order valence-electron chi connectivity index (χ4n) is 3.12. The molecule has 4 rings (SSSR count). The predicted octanol–water partition coefficient (Wildman–Crippen LogP) is 3.00. The summed E-state index contributed by atoms with van der Waals surface area (Å²) in [5.74, 6) is 0. The summed E-state index contributed by atoms with van der Waals surface area (Å²) >= 11 is 0. The summed E-state index contributed by atoms with van der Waals surface area (Å²) < 4.78 is 1.83. The molecule has 0 spiro atoms. The summed E-state index contributed by atoms with van der Waals surface area (Å²) in [7, 11) is 0. The van der Waals surface area contributed by atoms with E-state index in [-0.39, 0.29) is 6.04 Å². The van der Waals surface area contributed by atoms with E-state index < -0.39 is 0 Å². The Kier molecular flexibility index (Phi) is 2.79.